The first kappa shape index (κ1) is 31.1. The molecule has 0 saturated heterocycles. The van der Waals surface area contributed by atoms with E-state index in [2.05, 4.69) is 121 Å². The SMILES string of the molecule is c1ccc(-c2nc(-c3ccccc3)nc(-c3ccc4c(c3)oc3ccc(-c5cccc(-c6ccc7c8ccccc8c8ccccc8c7c6)c5)cc34)n2)cc1. The number of hydrogen-bond donors (Lipinski definition) is 0. The third-order valence-corrected chi connectivity index (χ3v) is 10.7. The summed E-state index contributed by atoms with van der Waals surface area (Å²) in [5, 5.41) is 9.80. The molecule has 2 aromatic heterocycles. The molecule has 0 amide bonds. The molecule has 2 heterocycles. The van der Waals surface area contributed by atoms with Crippen molar-refractivity contribution in [1.29, 1.82) is 0 Å². The molecule has 4 heteroatoms. The van der Waals surface area contributed by atoms with Crippen LogP contribution in [-0.2, 0) is 0 Å². The van der Waals surface area contributed by atoms with Crippen molar-refractivity contribution in [2.75, 3.05) is 0 Å². The second-order valence-electron chi connectivity index (χ2n) is 14.0. The molecule has 0 atom stereocenters. The van der Waals surface area contributed by atoms with Gasteiger partial charge in [0.2, 0.25) is 0 Å². The van der Waals surface area contributed by atoms with Crippen molar-refractivity contribution in [3.63, 3.8) is 0 Å². The Bertz CT molecular complexity index is 3170. The molecule has 0 saturated carbocycles. The van der Waals surface area contributed by atoms with Crippen LogP contribution in [0.4, 0.5) is 0 Å². The van der Waals surface area contributed by atoms with Crippen LogP contribution in [-0.4, -0.2) is 15.0 Å². The Balaban J connectivity index is 0.980. The lowest BCUT2D eigenvalue weighted by Crippen LogP contribution is -2.00. The minimum absolute atomic E-state index is 0.599. The highest BCUT2D eigenvalue weighted by molar-refractivity contribution is 6.25. The number of benzene rings is 9. The van der Waals surface area contributed by atoms with Gasteiger partial charge in [-0.05, 0) is 91.0 Å². The summed E-state index contributed by atoms with van der Waals surface area (Å²) in [4.78, 5) is 14.7. The third-order valence-electron chi connectivity index (χ3n) is 10.7. The zero-order valence-corrected chi connectivity index (χ0v) is 29.6. The first-order chi connectivity index (χ1) is 27.2. The van der Waals surface area contributed by atoms with Gasteiger partial charge < -0.3 is 4.42 Å². The van der Waals surface area contributed by atoms with Crippen LogP contribution in [0, 0.1) is 0 Å². The highest BCUT2D eigenvalue weighted by Crippen LogP contribution is 2.39. The molecule has 0 fully saturated rings. The molecule has 0 aliphatic carbocycles. The topological polar surface area (TPSA) is 51.8 Å². The summed E-state index contributed by atoms with van der Waals surface area (Å²) < 4.78 is 6.46. The summed E-state index contributed by atoms with van der Waals surface area (Å²) in [5.74, 6) is 1.86. The highest BCUT2D eigenvalue weighted by atomic mass is 16.3. The van der Waals surface area contributed by atoms with Crippen LogP contribution in [0.5, 0.6) is 0 Å². The molecule has 0 aliphatic rings. The van der Waals surface area contributed by atoms with Crippen molar-refractivity contribution >= 4 is 54.3 Å². The van der Waals surface area contributed by atoms with Gasteiger partial charge in [-0.2, -0.15) is 0 Å². The Morgan fingerprint density at radius 2 is 0.655 bits per heavy atom. The molecule has 0 radical (unpaired) electrons. The van der Waals surface area contributed by atoms with Gasteiger partial charge >= 0.3 is 0 Å². The number of fused-ring (bicyclic) bond motifs is 9. The summed E-state index contributed by atoms with van der Waals surface area (Å²) in [6, 6.07) is 66.0. The van der Waals surface area contributed by atoms with Gasteiger partial charge in [0.15, 0.2) is 17.5 Å². The smallest absolute Gasteiger partial charge is 0.164 e. The number of furan rings is 1. The lowest BCUT2D eigenvalue weighted by molar-refractivity contribution is 0.669. The summed E-state index contributed by atoms with van der Waals surface area (Å²) in [6.45, 7) is 0. The zero-order valence-electron chi connectivity index (χ0n) is 29.6. The summed E-state index contributed by atoms with van der Waals surface area (Å²) in [5.41, 5.74) is 9.04. The normalized spacial score (nSPS) is 11.6. The second-order valence-corrected chi connectivity index (χ2v) is 14.0. The molecule has 4 nitrogen and oxygen atoms in total. The van der Waals surface area contributed by atoms with Crippen LogP contribution in [0.3, 0.4) is 0 Å². The molecule has 256 valence electrons. The van der Waals surface area contributed by atoms with Gasteiger partial charge in [-0.3, -0.25) is 0 Å². The summed E-state index contributed by atoms with van der Waals surface area (Å²) in [6.07, 6.45) is 0. The molecule has 11 aromatic rings. The Labute approximate surface area is 317 Å². The minimum atomic E-state index is 0.599. The maximum atomic E-state index is 6.46. The molecule has 0 unspecified atom stereocenters. The van der Waals surface area contributed by atoms with E-state index in [0.29, 0.717) is 17.5 Å². The van der Waals surface area contributed by atoms with E-state index in [1.807, 2.05) is 66.7 Å². The summed E-state index contributed by atoms with van der Waals surface area (Å²) in [7, 11) is 0. The second kappa shape index (κ2) is 12.6. The van der Waals surface area contributed by atoms with Gasteiger partial charge in [0.1, 0.15) is 11.2 Å². The van der Waals surface area contributed by atoms with E-state index in [-0.39, 0.29) is 0 Å². The minimum Gasteiger partial charge on any atom is -0.456 e. The van der Waals surface area contributed by atoms with E-state index in [0.717, 1.165) is 49.8 Å². The van der Waals surface area contributed by atoms with Crippen molar-refractivity contribution in [2.45, 2.75) is 0 Å². The van der Waals surface area contributed by atoms with Crippen LogP contribution < -0.4 is 0 Å². The lowest BCUT2D eigenvalue weighted by Gasteiger charge is -2.12. The Kier molecular flexibility index (Phi) is 7.14. The Hall–Kier alpha value is -7.43. The molecular formula is C51H31N3O. The van der Waals surface area contributed by atoms with Gasteiger partial charge in [-0.15, -0.1) is 0 Å². The van der Waals surface area contributed by atoms with Gasteiger partial charge in [0, 0.05) is 27.5 Å². The van der Waals surface area contributed by atoms with Crippen molar-refractivity contribution in [2.24, 2.45) is 0 Å². The third kappa shape index (κ3) is 5.34. The van der Waals surface area contributed by atoms with Crippen molar-refractivity contribution in [3.8, 4) is 56.4 Å². The van der Waals surface area contributed by atoms with Crippen molar-refractivity contribution in [3.05, 3.63) is 188 Å². The van der Waals surface area contributed by atoms with E-state index >= 15 is 0 Å². The van der Waals surface area contributed by atoms with Crippen molar-refractivity contribution < 1.29 is 4.42 Å². The zero-order chi connectivity index (χ0) is 36.3. The fourth-order valence-corrected chi connectivity index (χ4v) is 8.00. The summed E-state index contributed by atoms with van der Waals surface area (Å²) >= 11 is 0. The fraction of sp³-hybridized carbons (Fsp3) is 0. The van der Waals surface area contributed by atoms with Gasteiger partial charge in [0.05, 0.1) is 0 Å². The van der Waals surface area contributed by atoms with Crippen LogP contribution in [0.15, 0.2) is 192 Å². The maximum Gasteiger partial charge on any atom is 0.164 e. The average Bonchev–Trinajstić information content (AvgIpc) is 3.64. The lowest BCUT2D eigenvalue weighted by atomic mass is 9.91. The van der Waals surface area contributed by atoms with E-state index in [1.165, 1.54) is 43.4 Å². The van der Waals surface area contributed by atoms with Crippen LogP contribution in [0.1, 0.15) is 0 Å². The van der Waals surface area contributed by atoms with E-state index in [1.54, 1.807) is 0 Å². The van der Waals surface area contributed by atoms with E-state index < -0.39 is 0 Å². The standard InChI is InChI=1S/C51H31N3O/c1-3-12-32(13-4-1)49-52-50(33-14-5-2-6-15-33)54-51(53-49)38-23-26-44-46-30-37(24-27-47(46)55-48(44)31-38)35-17-11-16-34(28-35)36-22-25-43-41-20-8-7-18-39(41)40-19-9-10-21-42(40)45(43)29-36/h1-31H. The van der Waals surface area contributed by atoms with E-state index in [4.69, 9.17) is 19.4 Å². The largest absolute Gasteiger partial charge is 0.456 e. The van der Waals surface area contributed by atoms with E-state index in [9.17, 15) is 0 Å². The highest BCUT2D eigenvalue weighted by Gasteiger charge is 2.16. The predicted octanol–water partition coefficient (Wildman–Crippen LogP) is 13.6. The quantitative estimate of drug-likeness (QED) is 0.168. The number of aromatic nitrogens is 3. The molecule has 0 aliphatic heterocycles. The molecule has 55 heavy (non-hydrogen) atoms. The molecule has 0 bridgehead atoms. The first-order valence-corrected chi connectivity index (χ1v) is 18.5. The monoisotopic (exact) mass is 701 g/mol. The first-order valence-electron chi connectivity index (χ1n) is 18.5. The maximum absolute atomic E-state index is 6.46. The Morgan fingerprint density at radius 3 is 1.25 bits per heavy atom. The molecular weight excluding hydrogens is 671 g/mol. The van der Waals surface area contributed by atoms with Crippen LogP contribution in [0.25, 0.3) is 111 Å². The number of rotatable bonds is 5. The predicted molar refractivity (Wildman–Crippen MR) is 227 cm³/mol. The number of nitrogens with zero attached hydrogens (tertiary/aromatic N) is 3. The van der Waals surface area contributed by atoms with Gasteiger partial charge in [-0.25, -0.2) is 15.0 Å². The average molecular weight is 702 g/mol. The molecule has 9 aromatic carbocycles. The van der Waals surface area contributed by atoms with Gasteiger partial charge in [0.25, 0.3) is 0 Å². The van der Waals surface area contributed by atoms with Crippen LogP contribution >= 0.6 is 0 Å². The molecule has 11 rings (SSSR count). The fourth-order valence-electron chi connectivity index (χ4n) is 8.00. The van der Waals surface area contributed by atoms with Crippen LogP contribution in [0.2, 0.25) is 0 Å². The van der Waals surface area contributed by atoms with Crippen molar-refractivity contribution in [1.82, 2.24) is 15.0 Å². The van der Waals surface area contributed by atoms with Gasteiger partial charge in [-0.1, -0.05) is 152 Å². The molecule has 0 spiro atoms. The number of hydrogen-bond acceptors (Lipinski definition) is 4. The molecule has 0 N–H and O–H groups in total. The Morgan fingerprint density at radius 1 is 0.236 bits per heavy atom.